The third-order valence-electron chi connectivity index (χ3n) is 5.53. The number of pyridine rings is 1. The molecule has 4 rings (SSSR count). The van der Waals surface area contributed by atoms with Gasteiger partial charge in [0.25, 0.3) is 0 Å². The Labute approximate surface area is 155 Å². The standard InChI is InChI=1S/C21H26N4O/c1-23(15-17-7-3-2-4-8-17)18-9-6-13-24(16-18)21(26)25-14-11-19-20(25)10-5-12-22-19/h2-5,7-8,10,12,18H,6,9,11,13-16H2,1H3/t18-/m0/s1. The van der Waals surface area contributed by atoms with Gasteiger partial charge in [-0.3, -0.25) is 14.8 Å². The fraction of sp³-hybridized carbons (Fsp3) is 0.429. The molecule has 136 valence electrons. The highest BCUT2D eigenvalue weighted by molar-refractivity contribution is 5.93. The number of piperidine rings is 1. The first-order valence-corrected chi connectivity index (χ1v) is 9.47. The third-order valence-corrected chi connectivity index (χ3v) is 5.53. The van der Waals surface area contributed by atoms with Gasteiger partial charge in [0.2, 0.25) is 0 Å². The number of anilines is 1. The van der Waals surface area contributed by atoms with Gasteiger partial charge in [0.15, 0.2) is 0 Å². The van der Waals surface area contributed by atoms with Crippen molar-refractivity contribution in [3.8, 4) is 0 Å². The zero-order valence-electron chi connectivity index (χ0n) is 15.3. The Hall–Kier alpha value is -2.40. The van der Waals surface area contributed by atoms with Crippen molar-refractivity contribution >= 4 is 11.7 Å². The molecule has 0 radical (unpaired) electrons. The summed E-state index contributed by atoms with van der Waals surface area (Å²) in [5, 5.41) is 0. The van der Waals surface area contributed by atoms with Gasteiger partial charge < -0.3 is 4.90 Å². The van der Waals surface area contributed by atoms with Crippen molar-refractivity contribution in [3.63, 3.8) is 0 Å². The maximum atomic E-state index is 13.1. The number of urea groups is 1. The second-order valence-corrected chi connectivity index (χ2v) is 7.30. The monoisotopic (exact) mass is 350 g/mol. The zero-order valence-corrected chi connectivity index (χ0v) is 15.3. The van der Waals surface area contributed by atoms with Gasteiger partial charge >= 0.3 is 6.03 Å². The van der Waals surface area contributed by atoms with Crippen molar-refractivity contribution in [1.29, 1.82) is 0 Å². The predicted octanol–water partition coefficient (Wildman–Crippen LogP) is 3.16. The molecule has 1 atom stereocenters. The molecule has 5 nitrogen and oxygen atoms in total. The fourth-order valence-corrected chi connectivity index (χ4v) is 4.06. The van der Waals surface area contributed by atoms with Crippen molar-refractivity contribution in [3.05, 3.63) is 59.9 Å². The molecule has 1 saturated heterocycles. The van der Waals surface area contributed by atoms with E-state index in [9.17, 15) is 4.79 Å². The van der Waals surface area contributed by atoms with E-state index in [0.29, 0.717) is 6.04 Å². The largest absolute Gasteiger partial charge is 0.324 e. The Morgan fingerprint density at radius 1 is 1.19 bits per heavy atom. The maximum Gasteiger partial charge on any atom is 0.324 e. The summed E-state index contributed by atoms with van der Waals surface area (Å²) >= 11 is 0. The third kappa shape index (κ3) is 3.44. The van der Waals surface area contributed by atoms with E-state index in [0.717, 1.165) is 56.8 Å². The molecule has 1 aromatic carbocycles. The lowest BCUT2D eigenvalue weighted by Gasteiger charge is -2.39. The van der Waals surface area contributed by atoms with E-state index in [1.165, 1.54) is 5.56 Å². The lowest BCUT2D eigenvalue weighted by Crippen LogP contribution is -2.52. The van der Waals surface area contributed by atoms with Crippen molar-refractivity contribution in [2.24, 2.45) is 0 Å². The summed E-state index contributed by atoms with van der Waals surface area (Å²) in [6.45, 7) is 3.31. The van der Waals surface area contributed by atoms with Crippen LogP contribution in [0.25, 0.3) is 0 Å². The normalized spacial score (nSPS) is 19.7. The molecule has 0 saturated carbocycles. The topological polar surface area (TPSA) is 39.7 Å². The minimum absolute atomic E-state index is 0.134. The summed E-state index contributed by atoms with van der Waals surface area (Å²) in [7, 11) is 2.17. The fourth-order valence-electron chi connectivity index (χ4n) is 4.06. The molecule has 2 aromatic rings. The first-order chi connectivity index (χ1) is 12.7. The molecule has 0 aliphatic carbocycles. The number of hydrogen-bond donors (Lipinski definition) is 0. The van der Waals surface area contributed by atoms with Gasteiger partial charge in [-0.15, -0.1) is 0 Å². The van der Waals surface area contributed by atoms with Gasteiger partial charge in [0.05, 0.1) is 11.4 Å². The summed E-state index contributed by atoms with van der Waals surface area (Å²) in [6.07, 6.45) is 4.86. The molecule has 26 heavy (non-hydrogen) atoms. The number of fused-ring (bicyclic) bond motifs is 1. The van der Waals surface area contributed by atoms with Crippen LogP contribution in [0.4, 0.5) is 10.5 Å². The summed E-state index contributed by atoms with van der Waals surface area (Å²) < 4.78 is 0. The first-order valence-electron chi connectivity index (χ1n) is 9.47. The summed E-state index contributed by atoms with van der Waals surface area (Å²) in [6, 6.07) is 15.0. The van der Waals surface area contributed by atoms with Crippen LogP contribution in [-0.2, 0) is 13.0 Å². The van der Waals surface area contributed by atoms with E-state index >= 15 is 0 Å². The smallest absolute Gasteiger partial charge is 0.323 e. The molecule has 2 aliphatic heterocycles. The molecule has 0 N–H and O–H groups in total. The summed E-state index contributed by atoms with van der Waals surface area (Å²) in [5.41, 5.74) is 3.34. The van der Waals surface area contributed by atoms with Gasteiger partial charge in [0, 0.05) is 44.8 Å². The second kappa shape index (κ2) is 7.46. The van der Waals surface area contributed by atoms with Gasteiger partial charge in [-0.25, -0.2) is 4.79 Å². The highest BCUT2D eigenvalue weighted by Crippen LogP contribution is 2.28. The highest BCUT2D eigenvalue weighted by atomic mass is 16.2. The number of nitrogens with zero attached hydrogens (tertiary/aromatic N) is 4. The molecule has 5 heteroatoms. The Kier molecular flexibility index (Phi) is 4.89. The van der Waals surface area contributed by atoms with Crippen LogP contribution >= 0.6 is 0 Å². The van der Waals surface area contributed by atoms with E-state index in [1.54, 1.807) is 0 Å². The molecule has 0 unspecified atom stereocenters. The molecule has 0 spiro atoms. The van der Waals surface area contributed by atoms with E-state index in [-0.39, 0.29) is 6.03 Å². The Balaban J connectivity index is 1.41. The molecule has 0 bridgehead atoms. The second-order valence-electron chi connectivity index (χ2n) is 7.30. The number of amides is 2. The Bertz CT molecular complexity index is 764. The van der Waals surface area contributed by atoms with Crippen LogP contribution in [-0.4, -0.2) is 53.5 Å². The Morgan fingerprint density at radius 3 is 2.88 bits per heavy atom. The van der Waals surface area contributed by atoms with Crippen LogP contribution in [0.3, 0.4) is 0 Å². The maximum absolute atomic E-state index is 13.1. The van der Waals surface area contributed by atoms with Crippen LogP contribution < -0.4 is 4.90 Å². The van der Waals surface area contributed by atoms with Crippen LogP contribution in [0, 0.1) is 0 Å². The predicted molar refractivity (Wildman–Crippen MR) is 103 cm³/mol. The zero-order chi connectivity index (χ0) is 17.9. The molecular formula is C21H26N4O. The molecule has 2 amide bonds. The number of hydrogen-bond acceptors (Lipinski definition) is 3. The van der Waals surface area contributed by atoms with Crippen molar-refractivity contribution in [2.75, 3.05) is 31.6 Å². The van der Waals surface area contributed by atoms with Crippen LogP contribution in [0.5, 0.6) is 0 Å². The number of aromatic nitrogens is 1. The molecule has 1 fully saturated rings. The Morgan fingerprint density at radius 2 is 2.04 bits per heavy atom. The lowest BCUT2D eigenvalue weighted by atomic mass is 10.0. The summed E-state index contributed by atoms with van der Waals surface area (Å²) in [4.78, 5) is 23.8. The summed E-state index contributed by atoms with van der Waals surface area (Å²) in [5.74, 6) is 0. The van der Waals surface area contributed by atoms with Crippen LogP contribution in [0.1, 0.15) is 24.1 Å². The minimum atomic E-state index is 0.134. The minimum Gasteiger partial charge on any atom is -0.323 e. The number of rotatable bonds is 3. The van der Waals surface area contributed by atoms with Crippen LogP contribution in [0.2, 0.25) is 0 Å². The average Bonchev–Trinajstić information content (AvgIpc) is 3.12. The van der Waals surface area contributed by atoms with Crippen molar-refractivity contribution in [2.45, 2.75) is 31.8 Å². The van der Waals surface area contributed by atoms with E-state index in [4.69, 9.17) is 0 Å². The molecular weight excluding hydrogens is 324 g/mol. The molecule has 2 aliphatic rings. The number of likely N-dealkylation sites (tertiary alicyclic amines) is 1. The van der Waals surface area contributed by atoms with Gasteiger partial charge in [0.1, 0.15) is 0 Å². The SMILES string of the molecule is CN(Cc1ccccc1)[C@H]1CCCN(C(=O)N2CCc3ncccc32)C1. The number of carbonyl (C=O) groups is 1. The number of carbonyl (C=O) groups excluding carboxylic acids is 1. The molecule has 3 heterocycles. The van der Waals surface area contributed by atoms with E-state index in [1.807, 2.05) is 34.2 Å². The number of likely N-dealkylation sites (N-methyl/N-ethyl adjacent to an activating group) is 1. The van der Waals surface area contributed by atoms with Crippen molar-refractivity contribution < 1.29 is 4.79 Å². The number of benzene rings is 1. The van der Waals surface area contributed by atoms with E-state index < -0.39 is 0 Å². The lowest BCUT2D eigenvalue weighted by molar-refractivity contribution is 0.125. The van der Waals surface area contributed by atoms with Crippen LogP contribution in [0.15, 0.2) is 48.7 Å². The van der Waals surface area contributed by atoms with E-state index in [2.05, 4.69) is 41.2 Å². The highest BCUT2D eigenvalue weighted by Gasteiger charge is 2.32. The first kappa shape index (κ1) is 17.0. The van der Waals surface area contributed by atoms with Crippen molar-refractivity contribution in [1.82, 2.24) is 14.8 Å². The molecule has 1 aromatic heterocycles. The van der Waals surface area contributed by atoms with Gasteiger partial charge in [-0.1, -0.05) is 30.3 Å². The average molecular weight is 350 g/mol. The van der Waals surface area contributed by atoms with Gasteiger partial charge in [-0.05, 0) is 37.6 Å². The quantitative estimate of drug-likeness (QED) is 0.854. The van der Waals surface area contributed by atoms with Gasteiger partial charge in [-0.2, -0.15) is 0 Å².